The molecule has 2 aromatic rings. The van der Waals surface area contributed by atoms with E-state index in [9.17, 15) is 9.00 Å². The van der Waals surface area contributed by atoms with E-state index in [0.29, 0.717) is 22.8 Å². The molecule has 1 atom stereocenters. The minimum atomic E-state index is -1.09. The summed E-state index contributed by atoms with van der Waals surface area (Å²) in [6.07, 6.45) is 1.70. The molecule has 1 amide bonds. The van der Waals surface area contributed by atoms with Gasteiger partial charge in [0, 0.05) is 32.8 Å². The van der Waals surface area contributed by atoms with Gasteiger partial charge in [-0.15, -0.1) is 0 Å². The van der Waals surface area contributed by atoms with Crippen molar-refractivity contribution in [1.29, 1.82) is 0 Å². The summed E-state index contributed by atoms with van der Waals surface area (Å²) in [5, 5.41) is 0. The number of carbonyl (C=O) groups is 1. The standard InChI is InChI=1S/C17H16BrN3O2S/c1-2-24(23)11-21-15-7-6-12(18)9-13(15)17(20-10-16(21)22)14-5-3-4-8-19-14/h3-9H,2,10-11H2,1H3. The lowest BCUT2D eigenvalue weighted by molar-refractivity contribution is -0.117. The van der Waals surface area contributed by atoms with E-state index in [0.717, 1.165) is 10.0 Å². The van der Waals surface area contributed by atoms with Crippen molar-refractivity contribution in [2.45, 2.75) is 6.92 Å². The van der Waals surface area contributed by atoms with E-state index in [4.69, 9.17) is 0 Å². The van der Waals surface area contributed by atoms with Crippen LogP contribution in [0.15, 0.2) is 52.1 Å². The number of rotatable bonds is 4. The molecule has 124 valence electrons. The highest BCUT2D eigenvalue weighted by Gasteiger charge is 2.26. The number of aliphatic imine (C=N–C) groups is 1. The number of amides is 1. The van der Waals surface area contributed by atoms with Crippen molar-refractivity contribution in [1.82, 2.24) is 4.98 Å². The van der Waals surface area contributed by atoms with Gasteiger partial charge < -0.3 is 0 Å². The number of aromatic nitrogens is 1. The molecule has 0 saturated carbocycles. The Morgan fingerprint density at radius 1 is 1.29 bits per heavy atom. The zero-order chi connectivity index (χ0) is 17.1. The first-order valence-corrected chi connectivity index (χ1v) is 9.79. The lowest BCUT2D eigenvalue weighted by Gasteiger charge is -2.22. The van der Waals surface area contributed by atoms with Crippen LogP contribution in [0.2, 0.25) is 0 Å². The van der Waals surface area contributed by atoms with Crippen LogP contribution in [-0.4, -0.2) is 39.0 Å². The summed E-state index contributed by atoms with van der Waals surface area (Å²) in [6.45, 7) is 1.86. The maximum absolute atomic E-state index is 12.5. The summed E-state index contributed by atoms with van der Waals surface area (Å²) in [5.74, 6) is 0.518. The van der Waals surface area contributed by atoms with E-state index < -0.39 is 10.8 Å². The van der Waals surface area contributed by atoms with Crippen molar-refractivity contribution < 1.29 is 9.00 Å². The Labute approximate surface area is 151 Å². The highest BCUT2D eigenvalue weighted by atomic mass is 79.9. The third-order valence-corrected chi connectivity index (χ3v) is 5.36. The van der Waals surface area contributed by atoms with Crippen LogP contribution in [0.4, 0.5) is 5.69 Å². The SMILES string of the molecule is CCS(=O)CN1C(=O)CN=C(c2ccccn2)c2cc(Br)ccc21. The minimum absolute atomic E-state index is 0.0130. The van der Waals surface area contributed by atoms with Crippen molar-refractivity contribution >= 4 is 44.0 Å². The van der Waals surface area contributed by atoms with E-state index in [1.807, 2.05) is 43.3 Å². The molecule has 0 radical (unpaired) electrons. The first-order valence-electron chi connectivity index (χ1n) is 7.51. The normalized spacial score (nSPS) is 15.5. The molecule has 24 heavy (non-hydrogen) atoms. The minimum Gasteiger partial charge on any atom is -0.298 e. The van der Waals surface area contributed by atoms with Crippen LogP contribution in [0.3, 0.4) is 0 Å². The van der Waals surface area contributed by atoms with E-state index in [-0.39, 0.29) is 18.3 Å². The van der Waals surface area contributed by atoms with Gasteiger partial charge in [0.15, 0.2) is 0 Å². The predicted molar refractivity (Wildman–Crippen MR) is 99.9 cm³/mol. The van der Waals surface area contributed by atoms with Gasteiger partial charge in [-0.3, -0.25) is 23.9 Å². The third-order valence-electron chi connectivity index (χ3n) is 3.68. The molecule has 7 heteroatoms. The molecule has 0 N–H and O–H groups in total. The summed E-state index contributed by atoms with van der Waals surface area (Å²) in [6, 6.07) is 11.2. The van der Waals surface area contributed by atoms with Crippen LogP contribution in [0.25, 0.3) is 0 Å². The maximum atomic E-state index is 12.5. The number of nitrogens with zero attached hydrogens (tertiary/aromatic N) is 3. The van der Waals surface area contributed by atoms with Gasteiger partial charge in [0.1, 0.15) is 12.4 Å². The Bertz CT molecular complexity index is 824. The molecular formula is C17H16BrN3O2S. The summed E-state index contributed by atoms with van der Waals surface area (Å²) < 4.78 is 12.9. The number of pyridine rings is 1. The molecule has 1 aliphatic rings. The van der Waals surface area contributed by atoms with Gasteiger partial charge in [0.2, 0.25) is 5.91 Å². The molecule has 5 nitrogen and oxygen atoms in total. The number of benzene rings is 1. The average molecular weight is 406 g/mol. The smallest absolute Gasteiger partial charge is 0.249 e. The largest absolute Gasteiger partial charge is 0.298 e. The zero-order valence-electron chi connectivity index (χ0n) is 13.1. The second-order valence-electron chi connectivity index (χ2n) is 5.22. The van der Waals surface area contributed by atoms with E-state index in [1.54, 1.807) is 11.1 Å². The summed E-state index contributed by atoms with van der Waals surface area (Å²) >= 11 is 3.48. The Kier molecular flexibility index (Phi) is 5.20. The lowest BCUT2D eigenvalue weighted by atomic mass is 10.0. The van der Waals surface area contributed by atoms with Gasteiger partial charge in [-0.05, 0) is 30.3 Å². The quantitative estimate of drug-likeness (QED) is 0.785. The van der Waals surface area contributed by atoms with Crippen molar-refractivity contribution in [2.75, 3.05) is 23.1 Å². The molecule has 1 aromatic carbocycles. The molecule has 3 rings (SSSR count). The molecule has 0 spiro atoms. The summed E-state index contributed by atoms with van der Waals surface area (Å²) in [7, 11) is -1.09. The molecule has 1 aliphatic heterocycles. The fourth-order valence-electron chi connectivity index (χ4n) is 2.48. The van der Waals surface area contributed by atoms with Crippen molar-refractivity contribution in [3.63, 3.8) is 0 Å². The average Bonchev–Trinajstić information content (AvgIpc) is 2.73. The number of benzodiazepines with no additional fused rings is 1. The third kappa shape index (κ3) is 3.47. The molecule has 0 fully saturated rings. The lowest BCUT2D eigenvalue weighted by Crippen LogP contribution is -2.35. The predicted octanol–water partition coefficient (Wildman–Crippen LogP) is 2.75. The van der Waals surface area contributed by atoms with Crippen LogP contribution < -0.4 is 4.90 Å². The zero-order valence-corrected chi connectivity index (χ0v) is 15.5. The van der Waals surface area contributed by atoms with Crippen LogP contribution in [0.1, 0.15) is 18.2 Å². The van der Waals surface area contributed by atoms with E-state index in [2.05, 4.69) is 25.9 Å². The Morgan fingerprint density at radius 2 is 2.12 bits per heavy atom. The number of hydrogen-bond donors (Lipinski definition) is 0. The first kappa shape index (κ1) is 17.0. The highest BCUT2D eigenvalue weighted by molar-refractivity contribution is 9.10. The van der Waals surface area contributed by atoms with Gasteiger partial charge in [0.25, 0.3) is 0 Å². The number of anilines is 1. The Hall–Kier alpha value is -1.86. The van der Waals surface area contributed by atoms with Gasteiger partial charge in [-0.2, -0.15) is 0 Å². The molecular weight excluding hydrogens is 390 g/mol. The van der Waals surface area contributed by atoms with Crippen molar-refractivity contribution in [3.05, 3.63) is 58.3 Å². The van der Waals surface area contributed by atoms with E-state index >= 15 is 0 Å². The fraction of sp³-hybridized carbons (Fsp3) is 0.235. The van der Waals surface area contributed by atoms with Gasteiger partial charge >= 0.3 is 0 Å². The highest BCUT2D eigenvalue weighted by Crippen LogP contribution is 2.29. The molecule has 0 saturated heterocycles. The fourth-order valence-corrected chi connectivity index (χ4v) is 3.60. The molecule has 0 aliphatic carbocycles. The van der Waals surface area contributed by atoms with Gasteiger partial charge in [-0.1, -0.05) is 28.9 Å². The monoisotopic (exact) mass is 405 g/mol. The molecule has 1 unspecified atom stereocenters. The van der Waals surface area contributed by atoms with Gasteiger partial charge in [0.05, 0.1) is 17.1 Å². The summed E-state index contributed by atoms with van der Waals surface area (Å²) in [5.41, 5.74) is 2.90. The van der Waals surface area contributed by atoms with Crippen molar-refractivity contribution in [3.8, 4) is 0 Å². The number of fused-ring (bicyclic) bond motifs is 1. The molecule has 2 heterocycles. The van der Waals surface area contributed by atoms with Crippen LogP contribution in [0.5, 0.6) is 0 Å². The van der Waals surface area contributed by atoms with Gasteiger partial charge in [-0.25, -0.2) is 0 Å². The second-order valence-corrected chi connectivity index (χ2v) is 7.85. The summed E-state index contributed by atoms with van der Waals surface area (Å²) in [4.78, 5) is 23.0. The van der Waals surface area contributed by atoms with Crippen LogP contribution in [0, 0.1) is 0 Å². The van der Waals surface area contributed by atoms with Crippen molar-refractivity contribution in [2.24, 2.45) is 4.99 Å². The molecule has 1 aromatic heterocycles. The number of hydrogen-bond acceptors (Lipinski definition) is 4. The van der Waals surface area contributed by atoms with Crippen LogP contribution >= 0.6 is 15.9 Å². The Morgan fingerprint density at radius 3 is 2.83 bits per heavy atom. The topological polar surface area (TPSA) is 62.6 Å². The first-order chi connectivity index (χ1) is 11.6. The molecule has 0 bridgehead atoms. The second kappa shape index (κ2) is 7.36. The van der Waals surface area contributed by atoms with E-state index in [1.165, 1.54) is 0 Å². The number of carbonyl (C=O) groups excluding carboxylic acids is 1. The number of halogens is 1. The maximum Gasteiger partial charge on any atom is 0.249 e. The van der Waals surface area contributed by atoms with Crippen LogP contribution in [-0.2, 0) is 15.6 Å². The Balaban J connectivity index is 2.14.